The summed E-state index contributed by atoms with van der Waals surface area (Å²) < 4.78 is 32.2. The van der Waals surface area contributed by atoms with Crippen molar-refractivity contribution in [1.29, 1.82) is 0 Å². The summed E-state index contributed by atoms with van der Waals surface area (Å²) >= 11 is 0. The number of nitrogens with zero attached hydrogens (tertiary/aromatic N) is 2. The van der Waals surface area contributed by atoms with Crippen LogP contribution in [0.15, 0.2) is 59.5 Å². The molecule has 184 valence electrons. The summed E-state index contributed by atoms with van der Waals surface area (Å²) in [4.78, 5) is 35.7. The van der Waals surface area contributed by atoms with Gasteiger partial charge in [0.15, 0.2) is 4.90 Å². The minimum absolute atomic E-state index is 0.0927. The number of esters is 1. The zero-order chi connectivity index (χ0) is 25.5. The van der Waals surface area contributed by atoms with Crippen LogP contribution in [0.4, 0.5) is 5.69 Å². The van der Waals surface area contributed by atoms with E-state index >= 15 is 0 Å². The number of hydrogen-bond donors (Lipinski definition) is 1. The summed E-state index contributed by atoms with van der Waals surface area (Å²) in [6, 6.07) is 11.7. The number of sulfonamides is 1. The maximum atomic E-state index is 13.3. The lowest BCUT2D eigenvalue weighted by molar-refractivity contribution is -0.387. The van der Waals surface area contributed by atoms with Crippen molar-refractivity contribution < 1.29 is 27.7 Å². The van der Waals surface area contributed by atoms with Gasteiger partial charge in [0.25, 0.3) is 5.69 Å². The average molecular weight is 492 g/mol. The summed E-state index contributed by atoms with van der Waals surface area (Å²) in [6.45, 7) is 3.63. The first kappa shape index (κ1) is 26.9. The van der Waals surface area contributed by atoms with Gasteiger partial charge in [-0.3, -0.25) is 14.9 Å². The summed E-state index contributed by atoms with van der Waals surface area (Å²) in [5.41, 5.74) is 0.189. The predicted octanol–water partition coefficient (Wildman–Crippen LogP) is 2.53. The summed E-state index contributed by atoms with van der Waals surface area (Å²) in [7, 11) is -2.02. The van der Waals surface area contributed by atoms with Gasteiger partial charge in [-0.25, -0.2) is 13.2 Å². The number of nitro groups is 1. The molecule has 34 heavy (non-hydrogen) atoms. The Bertz CT molecular complexity index is 1120. The first-order valence-corrected chi connectivity index (χ1v) is 12.1. The number of amides is 1. The van der Waals surface area contributed by atoms with Gasteiger partial charge in [-0.2, -0.15) is 4.31 Å². The Labute approximate surface area is 199 Å². The zero-order valence-corrected chi connectivity index (χ0v) is 20.3. The molecular weight excluding hydrogens is 462 g/mol. The molecule has 0 aromatic heterocycles. The summed E-state index contributed by atoms with van der Waals surface area (Å²) in [5, 5.41) is 14.0. The van der Waals surface area contributed by atoms with E-state index in [1.54, 1.807) is 24.3 Å². The summed E-state index contributed by atoms with van der Waals surface area (Å²) in [5.74, 6) is -1.47. The monoisotopic (exact) mass is 491 g/mol. The van der Waals surface area contributed by atoms with Gasteiger partial charge in [0.05, 0.1) is 12.0 Å². The van der Waals surface area contributed by atoms with Crippen molar-refractivity contribution >= 4 is 27.6 Å². The quantitative estimate of drug-likeness (QED) is 0.290. The van der Waals surface area contributed by atoms with E-state index in [2.05, 4.69) is 5.32 Å². The molecule has 0 aliphatic carbocycles. The van der Waals surface area contributed by atoms with Crippen LogP contribution in [0.2, 0.25) is 0 Å². The van der Waals surface area contributed by atoms with E-state index in [-0.39, 0.29) is 18.8 Å². The van der Waals surface area contributed by atoms with E-state index in [0.717, 1.165) is 22.0 Å². The second-order valence-corrected chi connectivity index (χ2v) is 10.1. The van der Waals surface area contributed by atoms with Crippen molar-refractivity contribution in [2.75, 3.05) is 14.2 Å². The number of para-hydroxylation sites is 1. The van der Waals surface area contributed by atoms with E-state index in [0.29, 0.717) is 0 Å². The van der Waals surface area contributed by atoms with Crippen LogP contribution in [0.5, 0.6) is 0 Å². The van der Waals surface area contributed by atoms with Crippen molar-refractivity contribution in [1.82, 2.24) is 9.62 Å². The topological polar surface area (TPSA) is 136 Å². The number of nitro benzene ring substituents is 1. The van der Waals surface area contributed by atoms with Crippen molar-refractivity contribution in [3.8, 4) is 0 Å². The van der Waals surface area contributed by atoms with Crippen molar-refractivity contribution in [3.63, 3.8) is 0 Å². The molecule has 1 N–H and O–H groups in total. The van der Waals surface area contributed by atoms with Crippen molar-refractivity contribution in [2.24, 2.45) is 5.92 Å². The van der Waals surface area contributed by atoms with Crippen molar-refractivity contribution in [3.05, 3.63) is 70.3 Å². The number of carbonyl (C=O) groups is 2. The number of rotatable bonds is 11. The van der Waals surface area contributed by atoms with Gasteiger partial charge in [-0.1, -0.05) is 56.3 Å². The third kappa shape index (κ3) is 6.61. The van der Waals surface area contributed by atoms with Crippen LogP contribution in [-0.4, -0.2) is 55.8 Å². The molecule has 10 nitrogen and oxygen atoms in total. The average Bonchev–Trinajstić information content (AvgIpc) is 2.81. The molecule has 0 saturated heterocycles. The highest BCUT2D eigenvalue weighted by Gasteiger charge is 2.38. The van der Waals surface area contributed by atoms with Crippen LogP contribution in [0.1, 0.15) is 25.8 Å². The number of hydrogen-bond acceptors (Lipinski definition) is 7. The van der Waals surface area contributed by atoms with E-state index in [1.165, 1.54) is 26.3 Å². The first-order chi connectivity index (χ1) is 16.0. The van der Waals surface area contributed by atoms with Crippen LogP contribution in [0.25, 0.3) is 0 Å². The van der Waals surface area contributed by atoms with Crippen LogP contribution >= 0.6 is 0 Å². The third-order valence-corrected chi connectivity index (χ3v) is 7.15. The molecule has 2 aromatic rings. The molecule has 0 radical (unpaired) electrons. The van der Waals surface area contributed by atoms with Crippen LogP contribution < -0.4 is 5.32 Å². The second-order valence-electron chi connectivity index (χ2n) is 8.17. The molecule has 11 heteroatoms. The molecule has 1 amide bonds. The Kier molecular flexibility index (Phi) is 9.28. The minimum atomic E-state index is -4.41. The predicted molar refractivity (Wildman–Crippen MR) is 125 cm³/mol. The molecule has 0 saturated carbocycles. The van der Waals surface area contributed by atoms with Crippen LogP contribution in [0, 0.1) is 16.0 Å². The molecule has 0 bridgehead atoms. The number of benzene rings is 2. The SMILES string of the molecule is COC(=O)[C@H](Cc1ccccc1)NC(=O)[C@H](CC(C)C)N(C)S(=O)(=O)c1ccccc1[N+](=O)[O-]. The molecule has 0 unspecified atom stereocenters. The molecular formula is C23H29N3O7S. The first-order valence-electron chi connectivity index (χ1n) is 10.6. The Morgan fingerprint density at radius 1 is 1.09 bits per heavy atom. The molecule has 0 spiro atoms. The van der Waals surface area contributed by atoms with Gasteiger partial charge in [0, 0.05) is 19.5 Å². The maximum absolute atomic E-state index is 13.3. The fraction of sp³-hybridized carbons (Fsp3) is 0.391. The van der Waals surface area contributed by atoms with Gasteiger partial charge in [0.2, 0.25) is 15.9 Å². The smallest absolute Gasteiger partial charge is 0.328 e. The number of methoxy groups -OCH3 is 1. The Balaban J connectivity index is 2.38. The highest BCUT2D eigenvalue weighted by atomic mass is 32.2. The fourth-order valence-electron chi connectivity index (χ4n) is 3.47. The lowest BCUT2D eigenvalue weighted by Crippen LogP contribution is -2.53. The Morgan fingerprint density at radius 2 is 1.68 bits per heavy atom. The van der Waals surface area contributed by atoms with Gasteiger partial charge in [-0.15, -0.1) is 0 Å². The molecule has 0 fully saturated rings. The summed E-state index contributed by atoms with van der Waals surface area (Å²) in [6.07, 6.45) is 0.274. The lowest BCUT2D eigenvalue weighted by Gasteiger charge is -2.29. The van der Waals surface area contributed by atoms with Crippen LogP contribution in [-0.2, 0) is 30.8 Å². The van der Waals surface area contributed by atoms with Gasteiger partial charge < -0.3 is 10.1 Å². The highest BCUT2D eigenvalue weighted by molar-refractivity contribution is 7.89. The van der Waals surface area contributed by atoms with E-state index in [9.17, 15) is 28.1 Å². The number of ether oxygens (including phenoxy) is 1. The number of carbonyl (C=O) groups excluding carboxylic acids is 2. The van der Waals surface area contributed by atoms with Gasteiger partial charge >= 0.3 is 5.97 Å². The fourth-order valence-corrected chi connectivity index (χ4v) is 4.95. The molecule has 2 aromatic carbocycles. The largest absolute Gasteiger partial charge is 0.467 e. The second kappa shape index (κ2) is 11.7. The normalized spacial score (nSPS) is 13.4. The maximum Gasteiger partial charge on any atom is 0.328 e. The van der Waals surface area contributed by atoms with E-state index < -0.39 is 49.5 Å². The Morgan fingerprint density at radius 3 is 2.24 bits per heavy atom. The van der Waals surface area contributed by atoms with E-state index in [4.69, 9.17) is 4.74 Å². The minimum Gasteiger partial charge on any atom is -0.467 e. The van der Waals surface area contributed by atoms with Crippen molar-refractivity contribution in [2.45, 2.75) is 43.7 Å². The lowest BCUT2D eigenvalue weighted by atomic mass is 10.0. The standard InChI is InChI=1S/C23H29N3O7S/c1-16(2)14-20(25(3)34(31,32)21-13-9-8-12-19(21)26(29)30)22(27)24-18(23(28)33-4)15-17-10-6-5-7-11-17/h5-13,16,18,20H,14-15H2,1-4H3,(H,24,27)/t18-,20-/m0/s1. The molecule has 0 aliphatic rings. The highest BCUT2D eigenvalue weighted by Crippen LogP contribution is 2.28. The number of nitrogens with one attached hydrogen (secondary N) is 1. The number of likely N-dealkylation sites (N-methyl/N-ethyl adjacent to an activating group) is 1. The van der Waals surface area contributed by atoms with E-state index in [1.807, 2.05) is 19.9 Å². The third-order valence-electron chi connectivity index (χ3n) is 5.24. The van der Waals surface area contributed by atoms with Crippen LogP contribution in [0.3, 0.4) is 0 Å². The molecule has 2 rings (SSSR count). The van der Waals surface area contributed by atoms with Gasteiger partial charge in [-0.05, 0) is 24.0 Å². The van der Waals surface area contributed by atoms with Gasteiger partial charge in [0.1, 0.15) is 12.1 Å². The molecule has 0 heterocycles. The Hall–Kier alpha value is -3.31. The molecule has 0 aliphatic heterocycles. The molecule has 2 atom stereocenters. The zero-order valence-electron chi connectivity index (χ0n) is 19.5.